The highest BCUT2D eigenvalue weighted by atomic mass is 16.3. The van der Waals surface area contributed by atoms with Crippen molar-refractivity contribution in [3.05, 3.63) is 29.8 Å². The minimum atomic E-state index is 0.199. The number of hydrogen-bond donors (Lipinski definition) is 2. The first-order chi connectivity index (χ1) is 8.33. The van der Waals surface area contributed by atoms with Gasteiger partial charge in [-0.25, -0.2) is 0 Å². The second-order valence-corrected chi connectivity index (χ2v) is 4.18. The molecule has 0 fully saturated rings. The van der Waals surface area contributed by atoms with E-state index in [4.69, 9.17) is 0 Å². The predicted octanol–water partition coefficient (Wildman–Crippen LogP) is 3.48. The molecule has 2 aromatic rings. The highest BCUT2D eigenvalue weighted by molar-refractivity contribution is 6.01. The summed E-state index contributed by atoms with van der Waals surface area (Å²) in [5, 5.41) is 10.8. The summed E-state index contributed by atoms with van der Waals surface area (Å²) in [7, 11) is 0. The van der Waals surface area contributed by atoms with Crippen LogP contribution < -0.4 is 0 Å². The van der Waals surface area contributed by atoms with Crippen molar-refractivity contribution < 1.29 is 5.11 Å². The number of aromatic nitrogens is 1. The van der Waals surface area contributed by atoms with Gasteiger partial charge in [0.15, 0.2) is 5.88 Å². The number of unbranched alkanes of at least 4 members (excludes halogenated alkanes) is 2. The van der Waals surface area contributed by atoms with Gasteiger partial charge in [-0.1, -0.05) is 38.0 Å². The van der Waals surface area contributed by atoms with Gasteiger partial charge in [-0.15, -0.1) is 0 Å². The Morgan fingerprint density at radius 1 is 1.29 bits per heavy atom. The largest absolute Gasteiger partial charge is 0.494 e. The molecule has 0 saturated heterocycles. The first-order valence-electron chi connectivity index (χ1n) is 6.12. The molecule has 3 heteroatoms. The van der Waals surface area contributed by atoms with Crippen LogP contribution in [0, 0.1) is 0 Å². The van der Waals surface area contributed by atoms with E-state index in [0.29, 0.717) is 0 Å². The molecule has 0 bridgehead atoms. The molecule has 0 saturated carbocycles. The lowest BCUT2D eigenvalue weighted by atomic mass is 10.2. The third-order valence-electron chi connectivity index (χ3n) is 2.84. The van der Waals surface area contributed by atoms with Gasteiger partial charge in [0.1, 0.15) is 0 Å². The Morgan fingerprint density at radius 3 is 2.94 bits per heavy atom. The molecular formula is C14H18N2O. The van der Waals surface area contributed by atoms with Crippen molar-refractivity contribution in [1.29, 1.82) is 0 Å². The Morgan fingerprint density at radius 2 is 2.12 bits per heavy atom. The number of para-hydroxylation sites is 1. The molecule has 0 spiro atoms. The molecule has 0 aliphatic carbocycles. The molecular weight excluding hydrogens is 212 g/mol. The summed E-state index contributed by atoms with van der Waals surface area (Å²) in [6.07, 6.45) is 5.28. The number of benzene rings is 1. The first kappa shape index (κ1) is 11.7. The maximum absolute atomic E-state index is 9.79. The molecule has 0 atom stereocenters. The summed E-state index contributed by atoms with van der Waals surface area (Å²) in [6.45, 7) is 3.00. The van der Waals surface area contributed by atoms with E-state index in [1.807, 2.05) is 24.3 Å². The van der Waals surface area contributed by atoms with Crippen molar-refractivity contribution in [2.75, 3.05) is 6.54 Å². The number of nitrogens with zero attached hydrogens (tertiary/aromatic N) is 1. The van der Waals surface area contributed by atoms with E-state index in [9.17, 15) is 5.11 Å². The van der Waals surface area contributed by atoms with Gasteiger partial charge in [-0.2, -0.15) is 0 Å². The van der Waals surface area contributed by atoms with Crippen molar-refractivity contribution in [3.63, 3.8) is 0 Å². The zero-order valence-corrected chi connectivity index (χ0v) is 10.1. The SMILES string of the molecule is CCCCCN=Cc1c(O)[nH]c2ccccc12. The fraction of sp³-hybridized carbons (Fsp3) is 0.357. The zero-order chi connectivity index (χ0) is 12.1. The second kappa shape index (κ2) is 5.53. The van der Waals surface area contributed by atoms with Crippen LogP contribution in [0.25, 0.3) is 10.9 Å². The Hall–Kier alpha value is -1.77. The Balaban J connectivity index is 2.15. The molecule has 1 aromatic heterocycles. The van der Waals surface area contributed by atoms with Crippen LogP contribution in [0.5, 0.6) is 5.88 Å². The highest BCUT2D eigenvalue weighted by Gasteiger charge is 2.06. The van der Waals surface area contributed by atoms with Gasteiger partial charge in [-0.05, 0) is 12.5 Å². The second-order valence-electron chi connectivity index (χ2n) is 4.18. The molecule has 1 aromatic carbocycles. The summed E-state index contributed by atoms with van der Waals surface area (Å²) in [5.74, 6) is 0.199. The van der Waals surface area contributed by atoms with Crippen molar-refractivity contribution in [2.45, 2.75) is 26.2 Å². The van der Waals surface area contributed by atoms with E-state index in [0.717, 1.165) is 29.4 Å². The normalized spacial score (nSPS) is 11.6. The molecule has 0 radical (unpaired) electrons. The minimum Gasteiger partial charge on any atom is -0.494 e. The van der Waals surface area contributed by atoms with Crippen LogP contribution in [0.4, 0.5) is 0 Å². The Bertz CT molecular complexity index is 514. The number of aromatic amines is 1. The number of nitrogens with one attached hydrogen (secondary N) is 1. The molecule has 0 amide bonds. The van der Waals surface area contributed by atoms with Crippen molar-refractivity contribution in [2.24, 2.45) is 4.99 Å². The number of aromatic hydroxyl groups is 1. The van der Waals surface area contributed by atoms with Crippen LogP contribution in [-0.2, 0) is 0 Å². The summed E-state index contributed by atoms with van der Waals surface area (Å²) in [5.41, 5.74) is 1.73. The molecule has 0 aliphatic rings. The fourth-order valence-electron chi connectivity index (χ4n) is 1.89. The van der Waals surface area contributed by atoms with Crippen LogP contribution in [0.1, 0.15) is 31.7 Å². The van der Waals surface area contributed by atoms with Gasteiger partial charge < -0.3 is 10.1 Å². The average Bonchev–Trinajstić information content (AvgIpc) is 2.65. The van der Waals surface area contributed by atoms with E-state index in [2.05, 4.69) is 16.9 Å². The highest BCUT2D eigenvalue weighted by Crippen LogP contribution is 2.24. The molecule has 2 N–H and O–H groups in total. The maximum Gasteiger partial charge on any atom is 0.198 e. The summed E-state index contributed by atoms with van der Waals surface area (Å²) in [4.78, 5) is 7.30. The molecule has 3 nitrogen and oxygen atoms in total. The first-order valence-corrected chi connectivity index (χ1v) is 6.12. The lowest BCUT2D eigenvalue weighted by Gasteiger charge is -1.93. The van der Waals surface area contributed by atoms with E-state index >= 15 is 0 Å². The molecule has 0 aliphatic heterocycles. The van der Waals surface area contributed by atoms with Gasteiger partial charge in [0, 0.05) is 23.7 Å². The van der Waals surface area contributed by atoms with Crippen LogP contribution in [0.15, 0.2) is 29.3 Å². The number of aliphatic imine (C=N–C) groups is 1. The van der Waals surface area contributed by atoms with Crippen LogP contribution in [0.2, 0.25) is 0 Å². The van der Waals surface area contributed by atoms with E-state index < -0.39 is 0 Å². The minimum absolute atomic E-state index is 0.199. The summed E-state index contributed by atoms with van der Waals surface area (Å²) >= 11 is 0. The van der Waals surface area contributed by atoms with Crippen molar-refractivity contribution in [3.8, 4) is 5.88 Å². The maximum atomic E-state index is 9.79. The quantitative estimate of drug-likeness (QED) is 0.599. The Kier molecular flexibility index (Phi) is 3.81. The molecule has 2 rings (SSSR count). The van der Waals surface area contributed by atoms with Gasteiger partial charge in [0.25, 0.3) is 0 Å². The third-order valence-corrected chi connectivity index (χ3v) is 2.84. The molecule has 1 heterocycles. The topological polar surface area (TPSA) is 48.4 Å². The summed E-state index contributed by atoms with van der Waals surface area (Å²) < 4.78 is 0. The fourth-order valence-corrected chi connectivity index (χ4v) is 1.89. The molecule has 0 unspecified atom stereocenters. The molecule has 17 heavy (non-hydrogen) atoms. The van der Waals surface area contributed by atoms with Crippen molar-refractivity contribution >= 4 is 17.1 Å². The lowest BCUT2D eigenvalue weighted by Crippen LogP contribution is -1.84. The summed E-state index contributed by atoms with van der Waals surface area (Å²) in [6, 6.07) is 7.84. The average molecular weight is 230 g/mol. The zero-order valence-electron chi connectivity index (χ0n) is 10.1. The number of H-pyrrole nitrogens is 1. The van der Waals surface area contributed by atoms with Crippen LogP contribution >= 0.6 is 0 Å². The van der Waals surface area contributed by atoms with Gasteiger partial charge in [0.2, 0.25) is 0 Å². The lowest BCUT2D eigenvalue weighted by molar-refractivity contribution is 0.457. The van der Waals surface area contributed by atoms with E-state index in [1.54, 1.807) is 6.21 Å². The van der Waals surface area contributed by atoms with Gasteiger partial charge in [0.05, 0.1) is 5.56 Å². The predicted molar refractivity (Wildman–Crippen MR) is 71.9 cm³/mol. The monoisotopic (exact) mass is 230 g/mol. The Labute approximate surface area is 101 Å². The van der Waals surface area contributed by atoms with Crippen LogP contribution in [-0.4, -0.2) is 22.8 Å². The standard InChI is InChI=1S/C14H18N2O/c1-2-3-6-9-15-10-12-11-7-4-5-8-13(11)16-14(12)17/h4-5,7-8,10,16-17H,2-3,6,9H2,1H3. The number of rotatable bonds is 5. The smallest absolute Gasteiger partial charge is 0.198 e. The number of hydrogen-bond acceptors (Lipinski definition) is 2. The van der Waals surface area contributed by atoms with Crippen molar-refractivity contribution in [1.82, 2.24) is 4.98 Å². The third kappa shape index (κ3) is 2.67. The van der Waals surface area contributed by atoms with E-state index in [-0.39, 0.29) is 5.88 Å². The van der Waals surface area contributed by atoms with E-state index in [1.165, 1.54) is 12.8 Å². The molecule has 90 valence electrons. The van der Waals surface area contributed by atoms with Crippen LogP contribution in [0.3, 0.4) is 0 Å². The van der Waals surface area contributed by atoms with Gasteiger partial charge in [-0.3, -0.25) is 4.99 Å². The van der Waals surface area contributed by atoms with Gasteiger partial charge >= 0.3 is 0 Å². The number of fused-ring (bicyclic) bond motifs is 1.